The van der Waals surface area contributed by atoms with Crippen molar-refractivity contribution < 1.29 is 12.6 Å². The molecule has 22 heavy (non-hydrogen) atoms. The van der Waals surface area contributed by atoms with E-state index in [0.29, 0.717) is 6.42 Å². The van der Waals surface area contributed by atoms with Crippen LogP contribution in [0.3, 0.4) is 0 Å². The molecule has 0 aromatic heterocycles. The van der Waals surface area contributed by atoms with Gasteiger partial charge in [0.2, 0.25) is 0 Å². The second kappa shape index (κ2) is 4.69. The lowest BCUT2D eigenvalue weighted by Gasteiger charge is -2.63. The van der Waals surface area contributed by atoms with E-state index < -0.39 is 17.8 Å². The predicted octanol–water partition coefficient (Wildman–Crippen LogP) is 4.52. The van der Waals surface area contributed by atoms with Gasteiger partial charge in [-0.3, -0.25) is 4.79 Å². The molecule has 0 heterocycles. The fourth-order valence-corrected chi connectivity index (χ4v) is 5.93. The van der Waals surface area contributed by atoms with E-state index in [1.165, 1.54) is 0 Å². The van der Waals surface area contributed by atoms with Crippen molar-refractivity contribution in [1.29, 1.82) is 0 Å². The van der Waals surface area contributed by atoms with E-state index >= 15 is 0 Å². The summed E-state index contributed by atoms with van der Waals surface area (Å²) in [5, 5.41) is 11.5. The third-order valence-corrected chi connectivity index (χ3v) is 7.19. The molecular formula is C20H32O2. The normalized spacial score (nSPS) is 54.5. The van der Waals surface area contributed by atoms with Crippen LogP contribution in [0.2, 0.25) is 0 Å². The largest absolute Gasteiger partial charge is 0.382 e. The number of aliphatic hydroxyl groups is 1. The third-order valence-electron chi connectivity index (χ3n) is 7.19. The fourth-order valence-electron chi connectivity index (χ4n) is 5.93. The molecule has 0 radical (unpaired) electrons. The highest BCUT2D eigenvalue weighted by Gasteiger charge is 2.65. The first-order valence-electron chi connectivity index (χ1n) is 9.74. The summed E-state index contributed by atoms with van der Waals surface area (Å²) >= 11 is 0. The zero-order chi connectivity index (χ0) is 18.2. The van der Waals surface area contributed by atoms with Gasteiger partial charge in [-0.1, -0.05) is 40.2 Å². The lowest BCUT2D eigenvalue weighted by atomic mass is 9.42. The van der Waals surface area contributed by atoms with Crippen molar-refractivity contribution in [3.63, 3.8) is 0 Å². The lowest BCUT2D eigenvalue weighted by molar-refractivity contribution is -0.202. The Morgan fingerprint density at radius 1 is 1.23 bits per heavy atom. The van der Waals surface area contributed by atoms with Gasteiger partial charge in [0, 0.05) is 15.0 Å². The molecule has 3 aliphatic rings. The molecule has 0 aromatic carbocycles. The molecule has 3 rings (SSSR count). The molecule has 0 amide bonds. The van der Waals surface area contributed by atoms with Gasteiger partial charge in [-0.25, -0.2) is 0 Å². The van der Waals surface area contributed by atoms with Gasteiger partial charge in [0.05, 0.1) is 0 Å². The number of carbonyl (C=O) groups is 1. The quantitative estimate of drug-likeness (QED) is 0.723. The van der Waals surface area contributed by atoms with Gasteiger partial charge in [-0.15, -0.1) is 6.58 Å². The summed E-state index contributed by atoms with van der Waals surface area (Å²) in [7, 11) is 0. The summed E-state index contributed by atoms with van der Waals surface area (Å²) in [4.78, 5) is 13.2. The molecule has 3 saturated carbocycles. The maximum Gasteiger partial charge on any atom is 0.164 e. The van der Waals surface area contributed by atoms with Crippen molar-refractivity contribution in [2.75, 3.05) is 0 Å². The highest BCUT2D eigenvalue weighted by atomic mass is 16.3. The molecule has 0 bridgehead atoms. The van der Waals surface area contributed by atoms with Gasteiger partial charge >= 0.3 is 0 Å². The Bertz CT molecular complexity index is 584. The molecule has 1 unspecified atom stereocenters. The molecule has 0 saturated heterocycles. The second-order valence-corrected chi connectivity index (χ2v) is 9.30. The van der Waals surface area contributed by atoms with Crippen LogP contribution >= 0.6 is 0 Å². The fraction of sp³-hybridized carbons (Fsp3) is 0.850. The second-order valence-electron chi connectivity index (χ2n) is 9.30. The number of Topliss-reactive ketones (excluding diaryl/α,β-unsaturated/α-hetero) is 1. The third kappa shape index (κ3) is 2.06. The highest BCUT2D eigenvalue weighted by Crippen LogP contribution is 2.65. The zero-order valence-corrected chi connectivity index (χ0v) is 14.5. The van der Waals surface area contributed by atoms with Crippen LogP contribution in [-0.4, -0.2) is 16.5 Å². The number of hydrogen-bond donors (Lipinski definition) is 1. The number of hydrogen-bond acceptors (Lipinski definition) is 2. The number of allylic oxidation sites excluding steroid dienone is 1. The van der Waals surface area contributed by atoms with E-state index in [9.17, 15) is 9.90 Å². The van der Waals surface area contributed by atoms with Crippen molar-refractivity contribution >= 4 is 5.78 Å². The molecule has 3 fully saturated rings. The predicted molar refractivity (Wildman–Crippen MR) is 89.4 cm³/mol. The molecule has 2 nitrogen and oxygen atoms in total. The SMILES string of the molecule is [2H]C1([2H])C(=O)[C@@]2(O)C[C@@](C)(C=C)CCC2[C@@]2(C)CCCC(C)(C)[C@H]12. The number of carbonyl (C=O) groups excluding carboxylic acids is 1. The Kier molecular flexibility index (Phi) is 2.94. The van der Waals surface area contributed by atoms with Crippen LogP contribution in [0, 0.1) is 28.1 Å². The molecule has 124 valence electrons. The summed E-state index contributed by atoms with van der Waals surface area (Å²) < 4.78 is 17.4. The Balaban J connectivity index is 2.16. The Labute approximate surface area is 138 Å². The maximum absolute atomic E-state index is 13.2. The first kappa shape index (κ1) is 13.8. The average Bonchev–Trinajstić information content (AvgIpc) is 2.43. The average molecular weight is 306 g/mol. The molecule has 5 atom stereocenters. The molecule has 0 spiro atoms. The van der Waals surface area contributed by atoms with Gasteiger partial charge in [-0.2, -0.15) is 0 Å². The molecule has 1 N–H and O–H groups in total. The van der Waals surface area contributed by atoms with Crippen LogP contribution < -0.4 is 0 Å². The molecule has 0 aliphatic heterocycles. The summed E-state index contributed by atoms with van der Waals surface area (Å²) in [5.74, 6) is -1.07. The Hall–Kier alpha value is -0.630. The van der Waals surface area contributed by atoms with Crippen molar-refractivity contribution in [3.05, 3.63) is 12.7 Å². The molecular weight excluding hydrogens is 272 g/mol. The van der Waals surface area contributed by atoms with Crippen molar-refractivity contribution in [1.82, 2.24) is 0 Å². The monoisotopic (exact) mass is 306 g/mol. The summed E-state index contributed by atoms with van der Waals surface area (Å²) in [6.07, 6.45) is 4.70. The number of ketones is 1. The van der Waals surface area contributed by atoms with Crippen LogP contribution in [0.4, 0.5) is 0 Å². The molecule has 3 aliphatic carbocycles. The first-order chi connectivity index (χ1) is 10.8. The molecule has 2 heteroatoms. The van der Waals surface area contributed by atoms with Crippen LogP contribution in [0.25, 0.3) is 0 Å². The lowest BCUT2D eigenvalue weighted by Crippen LogP contribution is -2.65. The van der Waals surface area contributed by atoms with Crippen LogP contribution in [-0.2, 0) is 4.79 Å². The van der Waals surface area contributed by atoms with E-state index in [4.69, 9.17) is 2.74 Å². The Morgan fingerprint density at radius 2 is 1.91 bits per heavy atom. The minimum absolute atomic E-state index is 0.154. The van der Waals surface area contributed by atoms with Gasteiger partial charge < -0.3 is 5.11 Å². The van der Waals surface area contributed by atoms with Crippen LogP contribution in [0.15, 0.2) is 12.7 Å². The van der Waals surface area contributed by atoms with E-state index in [1.54, 1.807) is 0 Å². The van der Waals surface area contributed by atoms with Gasteiger partial charge in [0.25, 0.3) is 0 Å². The Morgan fingerprint density at radius 3 is 2.55 bits per heavy atom. The van der Waals surface area contributed by atoms with E-state index in [2.05, 4.69) is 27.4 Å². The topological polar surface area (TPSA) is 37.3 Å². The van der Waals surface area contributed by atoms with Crippen LogP contribution in [0.5, 0.6) is 0 Å². The van der Waals surface area contributed by atoms with Crippen LogP contribution in [0.1, 0.15) is 75.3 Å². The smallest absolute Gasteiger partial charge is 0.164 e. The van der Waals surface area contributed by atoms with Crippen molar-refractivity contribution in [2.45, 2.75) is 78.2 Å². The van der Waals surface area contributed by atoms with Crippen molar-refractivity contribution in [3.8, 4) is 0 Å². The minimum atomic E-state index is -1.98. The van der Waals surface area contributed by atoms with Gasteiger partial charge in [0.15, 0.2) is 5.78 Å². The molecule has 0 aromatic rings. The standard InChI is InChI=1S/C20H32O2/c1-6-18(4)11-8-14-19(5)10-7-9-17(2,3)15(19)12-16(21)20(14,22)13-18/h6,14-15,22H,1,7-13H2,2-5H3/t14?,15-,18-,19+,20+/m0/s1/i12D2. The summed E-state index contributed by atoms with van der Waals surface area (Å²) in [6.45, 7) is 12.2. The zero-order valence-electron chi connectivity index (χ0n) is 16.5. The van der Waals surface area contributed by atoms with E-state index in [1.807, 2.05) is 13.0 Å². The maximum atomic E-state index is 13.2. The van der Waals surface area contributed by atoms with Gasteiger partial charge in [-0.05, 0) is 54.3 Å². The summed E-state index contributed by atoms with van der Waals surface area (Å²) in [5.41, 5.74) is -2.43. The van der Waals surface area contributed by atoms with Crippen molar-refractivity contribution in [2.24, 2.45) is 28.1 Å². The van der Waals surface area contributed by atoms with E-state index in [0.717, 1.165) is 32.1 Å². The van der Waals surface area contributed by atoms with Gasteiger partial charge in [0.1, 0.15) is 5.60 Å². The number of fused-ring (bicyclic) bond motifs is 3. The summed E-state index contributed by atoms with van der Waals surface area (Å²) in [6, 6.07) is 0. The highest BCUT2D eigenvalue weighted by molar-refractivity contribution is 5.89. The first-order valence-corrected chi connectivity index (χ1v) is 8.74. The number of rotatable bonds is 1. The van der Waals surface area contributed by atoms with E-state index in [-0.39, 0.29) is 28.1 Å². The minimum Gasteiger partial charge on any atom is -0.382 e.